The van der Waals surface area contributed by atoms with Crippen LogP contribution in [0.3, 0.4) is 0 Å². The molecule has 3 rings (SSSR count). The number of hydrogen-bond acceptors (Lipinski definition) is 3. The molecule has 0 saturated carbocycles. The lowest BCUT2D eigenvalue weighted by Gasteiger charge is -2.24. The van der Waals surface area contributed by atoms with Crippen LogP contribution in [0, 0.1) is 13.8 Å². The molecule has 1 N–H and O–H groups in total. The van der Waals surface area contributed by atoms with Crippen LogP contribution in [-0.2, 0) is 16.6 Å². The predicted octanol–water partition coefficient (Wildman–Crippen LogP) is 5.83. The summed E-state index contributed by atoms with van der Waals surface area (Å²) < 4.78 is 26.0. The van der Waals surface area contributed by atoms with Gasteiger partial charge < -0.3 is 5.32 Å². The van der Waals surface area contributed by atoms with Crippen LogP contribution in [0.4, 0.5) is 11.4 Å². The van der Waals surface area contributed by atoms with E-state index in [0.717, 1.165) is 23.1 Å². The Bertz CT molecular complexity index is 1230. The van der Waals surface area contributed by atoms with Crippen LogP contribution in [0.5, 0.6) is 0 Å². The fraction of sp³-hybridized carbons (Fsp3) is 0.174. The van der Waals surface area contributed by atoms with E-state index in [0.29, 0.717) is 16.8 Å². The molecule has 0 radical (unpaired) electrons. The monoisotopic (exact) mass is 476 g/mol. The Morgan fingerprint density at radius 2 is 1.68 bits per heavy atom. The molecular weight excluding hydrogens is 455 g/mol. The van der Waals surface area contributed by atoms with Crippen molar-refractivity contribution >= 4 is 50.5 Å². The summed E-state index contributed by atoms with van der Waals surface area (Å²) in [4.78, 5) is 12.6. The first-order chi connectivity index (χ1) is 14.6. The summed E-state index contributed by atoms with van der Waals surface area (Å²) in [7, 11) is -3.62. The first kappa shape index (κ1) is 23.1. The third kappa shape index (κ3) is 5.58. The van der Waals surface area contributed by atoms with Crippen molar-refractivity contribution in [3.05, 3.63) is 93.0 Å². The summed E-state index contributed by atoms with van der Waals surface area (Å²) in [6, 6.07) is 17.4. The van der Waals surface area contributed by atoms with Crippen molar-refractivity contribution in [3.63, 3.8) is 0 Å². The number of halogens is 2. The van der Waals surface area contributed by atoms with Crippen molar-refractivity contribution in [3.8, 4) is 0 Å². The van der Waals surface area contributed by atoms with Gasteiger partial charge in [0.15, 0.2) is 0 Å². The number of rotatable bonds is 6. The minimum atomic E-state index is -3.62. The van der Waals surface area contributed by atoms with Gasteiger partial charge in [-0.05, 0) is 55.3 Å². The molecule has 0 heterocycles. The van der Waals surface area contributed by atoms with Crippen molar-refractivity contribution in [2.75, 3.05) is 15.9 Å². The lowest BCUT2D eigenvalue weighted by molar-refractivity contribution is 0.102. The van der Waals surface area contributed by atoms with Gasteiger partial charge in [-0.3, -0.25) is 9.10 Å². The Balaban J connectivity index is 1.81. The molecule has 31 heavy (non-hydrogen) atoms. The van der Waals surface area contributed by atoms with Gasteiger partial charge in [-0.15, -0.1) is 0 Å². The average molecular weight is 477 g/mol. The van der Waals surface area contributed by atoms with Crippen LogP contribution in [-0.4, -0.2) is 20.6 Å². The van der Waals surface area contributed by atoms with E-state index in [1.54, 1.807) is 42.5 Å². The largest absolute Gasteiger partial charge is 0.322 e. The highest BCUT2D eigenvalue weighted by atomic mass is 35.5. The number of carbonyl (C=O) groups excluding carboxylic acids is 1. The Kier molecular flexibility index (Phi) is 6.94. The minimum absolute atomic E-state index is 0.0534. The zero-order chi connectivity index (χ0) is 22.8. The van der Waals surface area contributed by atoms with E-state index < -0.39 is 10.0 Å². The molecule has 0 aliphatic rings. The van der Waals surface area contributed by atoms with Crippen molar-refractivity contribution < 1.29 is 13.2 Å². The molecule has 5 nitrogen and oxygen atoms in total. The molecule has 3 aromatic rings. The van der Waals surface area contributed by atoms with Crippen molar-refractivity contribution in [1.82, 2.24) is 0 Å². The highest BCUT2D eigenvalue weighted by Gasteiger charge is 2.21. The first-order valence-corrected chi connectivity index (χ1v) is 12.1. The van der Waals surface area contributed by atoms with E-state index in [1.165, 1.54) is 4.31 Å². The van der Waals surface area contributed by atoms with E-state index in [-0.39, 0.29) is 22.5 Å². The molecule has 0 saturated heterocycles. The number of carbonyl (C=O) groups is 1. The predicted molar refractivity (Wildman–Crippen MR) is 128 cm³/mol. The third-order valence-corrected chi connectivity index (χ3v) is 6.71. The smallest absolute Gasteiger partial charge is 0.255 e. The lowest BCUT2D eigenvalue weighted by atomic mass is 10.1. The van der Waals surface area contributed by atoms with Gasteiger partial charge in [0, 0.05) is 11.3 Å². The standard InChI is InChI=1S/C23H22Cl2N2O3S/c1-15-7-12-20(16(2)13-15)26-23(28)18-10-8-17(9-11-18)14-27(31(3,29)30)21-6-4-5-19(24)22(21)25/h4-13H,14H2,1-3H3,(H,26,28). The molecule has 3 aromatic carbocycles. The van der Waals surface area contributed by atoms with Crippen LogP contribution >= 0.6 is 23.2 Å². The SMILES string of the molecule is Cc1ccc(NC(=O)c2ccc(CN(c3cccc(Cl)c3Cl)S(C)(=O)=O)cc2)c(C)c1. The summed E-state index contributed by atoms with van der Waals surface area (Å²) >= 11 is 12.3. The summed E-state index contributed by atoms with van der Waals surface area (Å²) in [5, 5.41) is 3.34. The summed E-state index contributed by atoms with van der Waals surface area (Å²) in [6.07, 6.45) is 1.11. The van der Waals surface area contributed by atoms with Gasteiger partial charge in [-0.25, -0.2) is 8.42 Å². The quantitative estimate of drug-likeness (QED) is 0.486. The van der Waals surface area contributed by atoms with Crippen molar-refractivity contribution in [2.24, 2.45) is 0 Å². The molecule has 0 atom stereocenters. The van der Waals surface area contributed by atoms with Crippen LogP contribution in [0.1, 0.15) is 27.0 Å². The van der Waals surface area contributed by atoms with Gasteiger partial charge in [0.1, 0.15) is 0 Å². The minimum Gasteiger partial charge on any atom is -0.322 e. The van der Waals surface area contributed by atoms with Crippen molar-refractivity contribution in [1.29, 1.82) is 0 Å². The molecule has 0 fully saturated rings. The Morgan fingerprint density at radius 1 is 1.00 bits per heavy atom. The number of nitrogens with zero attached hydrogens (tertiary/aromatic N) is 1. The molecule has 162 valence electrons. The second kappa shape index (κ2) is 9.30. The Labute approximate surface area is 192 Å². The molecular formula is C23H22Cl2N2O3S. The van der Waals surface area contributed by atoms with Gasteiger partial charge >= 0.3 is 0 Å². The normalized spacial score (nSPS) is 11.3. The number of amides is 1. The molecule has 1 amide bonds. The molecule has 8 heteroatoms. The number of sulfonamides is 1. The second-order valence-electron chi connectivity index (χ2n) is 7.31. The molecule has 0 bridgehead atoms. The van der Waals surface area contributed by atoms with Gasteiger partial charge in [-0.2, -0.15) is 0 Å². The zero-order valence-electron chi connectivity index (χ0n) is 17.3. The van der Waals surface area contributed by atoms with E-state index in [4.69, 9.17) is 23.2 Å². The Morgan fingerprint density at radius 3 is 2.29 bits per heavy atom. The van der Waals surface area contributed by atoms with Gasteiger partial charge in [0.05, 0.1) is 28.5 Å². The van der Waals surface area contributed by atoms with Crippen molar-refractivity contribution in [2.45, 2.75) is 20.4 Å². The van der Waals surface area contributed by atoms with Gasteiger partial charge in [0.2, 0.25) is 10.0 Å². The van der Waals surface area contributed by atoms with Crippen LogP contribution in [0.2, 0.25) is 10.0 Å². The number of aryl methyl sites for hydroxylation is 2. The zero-order valence-corrected chi connectivity index (χ0v) is 19.6. The van der Waals surface area contributed by atoms with E-state index in [9.17, 15) is 13.2 Å². The maximum Gasteiger partial charge on any atom is 0.255 e. The highest BCUT2D eigenvalue weighted by molar-refractivity contribution is 7.92. The molecule has 0 aliphatic heterocycles. The summed E-state index contributed by atoms with van der Waals surface area (Å²) in [5.74, 6) is -0.239. The summed E-state index contributed by atoms with van der Waals surface area (Å²) in [5.41, 5.74) is 4.31. The third-order valence-electron chi connectivity index (χ3n) is 4.77. The lowest BCUT2D eigenvalue weighted by Crippen LogP contribution is -2.29. The van der Waals surface area contributed by atoms with E-state index >= 15 is 0 Å². The average Bonchev–Trinajstić information content (AvgIpc) is 2.70. The van der Waals surface area contributed by atoms with Crippen LogP contribution in [0.25, 0.3) is 0 Å². The maximum atomic E-state index is 12.6. The van der Waals surface area contributed by atoms with Gasteiger partial charge in [0.25, 0.3) is 5.91 Å². The number of benzene rings is 3. The fourth-order valence-corrected chi connectivity index (χ4v) is 4.48. The van der Waals surface area contributed by atoms with E-state index in [2.05, 4.69) is 5.32 Å². The van der Waals surface area contributed by atoms with E-state index in [1.807, 2.05) is 32.0 Å². The van der Waals surface area contributed by atoms with Crippen LogP contribution < -0.4 is 9.62 Å². The molecule has 0 spiro atoms. The molecule has 0 aliphatic carbocycles. The molecule has 0 unspecified atom stereocenters. The topological polar surface area (TPSA) is 66.5 Å². The maximum absolute atomic E-state index is 12.6. The van der Waals surface area contributed by atoms with Gasteiger partial charge in [-0.1, -0.05) is 59.1 Å². The fourth-order valence-electron chi connectivity index (χ4n) is 3.14. The molecule has 0 aromatic heterocycles. The Hall–Kier alpha value is -2.54. The van der Waals surface area contributed by atoms with Crippen LogP contribution in [0.15, 0.2) is 60.7 Å². The number of nitrogens with one attached hydrogen (secondary N) is 1. The number of anilines is 2. The summed E-state index contributed by atoms with van der Waals surface area (Å²) in [6.45, 7) is 3.98. The second-order valence-corrected chi connectivity index (χ2v) is 10.0. The highest BCUT2D eigenvalue weighted by Crippen LogP contribution is 2.34. The number of hydrogen-bond donors (Lipinski definition) is 1. The first-order valence-electron chi connectivity index (χ1n) is 9.45.